The number of nitrogens with one attached hydrogen (secondary N) is 1. The zero-order valence-electron chi connectivity index (χ0n) is 14.4. The molecule has 2 aromatic rings. The van der Waals surface area contributed by atoms with E-state index >= 15 is 0 Å². The van der Waals surface area contributed by atoms with Crippen molar-refractivity contribution in [1.82, 2.24) is 15.2 Å². The van der Waals surface area contributed by atoms with E-state index in [2.05, 4.69) is 29.0 Å². The molecule has 0 bridgehead atoms. The lowest BCUT2D eigenvalue weighted by atomic mass is 10.1. The number of aromatic nitrogens is 1. The molecule has 1 saturated heterocycles. The van der Waals surface area contributed by atoms with Gasteiger partial charge < -0.3 is 10.1 Å². The number of carbonyl (C=O) groups excluding carboxylic acids is 1. The minimum Gasteiger partial charge on any atom is -0.374 e. The lowest BCUT2D eigenvalue weighted by Gasteiger charge is -2.33. The Morgan fingerprint density at radius 2 is 2.17 bits per heavy atom. The van der Waals surface area contributed by atoms with Gasteiger partial charge in [0.2, 0.25) is 0 Å². The second kappa shape index (κ2) is 7.73. The maximum atomic E-state index is 12.3. The topological polar surface area (TPSA) is 54.5 Å². The van der Waals surface area contributed by atoms with Crippen molar-refractivity contribution in [3.8, 4) is 0 Å². The monoisotopic (exact) mass is 327 g/mol. The first-order valence-corrected chi connectivity index (χ1v) is 8.60. The van der Waals surface area contributed by atoms with Gasteiger partial charge in [-0.25, -0.2) is 4.98 Å². The molecule has 0 aliphatic carbocycles. The zero-order chi connectivity index (χ0) is 16.9. The third-order valence-electron chi connectivity index (χ3n) is 4.17. The van der Waals surface area contributed by atoms with Crippen molar-refractivity contribution in [3.05, 3.63) is 42.1 Å². The van der Waals surface area contributed by atoms with Crippen LogP contribution in [0.15, 0.2) is 36.4 Å². The Morgan fingerprint density at radius 3 is 3.00 bits per heavy atom. The van der Waals surface area contributed by atoms with E-state index in [1.54, 1.807) is 6.07 Å². The van der Waals surface area contributed by atoms with E-state index < -0.39 is 0 Å². The predicted molar refractivity (Wildman–Crippen MR) is 95.1 cm³/mol. The molecule has 1 unspecified atom stereocenters. The van der Waals surface area contributed by atoms with E-state index in [-0.39, 0.29) is 12.0 Å². The molecule has 0 saturated carbocycles. The highest BCUT2D eigenvalue weighted by atomic mass is 16.5. The summed E-state index contributed by atoms with van der Waals surface area (Å²) >= 11 is 0. The normalized spacial score (nSPS) is 18.9. The van der Waals surface area contributed by atoms with Gasteiger partial charge in [-0.2, -0.15) is 0 Å². The second-order valence-corrected chi connectivity index (χ2v) is 6.75. The molecule has 24 heavy (non-hydrogen) atoms. The first kappa shape index (κ1) is 16.9. The molecular weight excluding hydrogens is 302 g/mol. The van der Waals surface area contributed by atoms with Gasteiger partial charge in [0.15, 0.2) is 0 Å². The number of carbonyl (C=O) groups is 1. The molecule has 5 heteroatoms. The number of rotatable bonds is 5. The van der Waals surface area contributed by atoms with Crippen LogP contribution < -0.4 is 5.32 Å². The fourth-order valence-electron chi connectivity index (χ4n) is 3.08. The number of para-hydroxylation sites is 1. The molecule has 2 heterocycles. The number of amides is 1. The summed E-state index contributed by atoms with van der Waals surface area (Å²) in [6, 6.07) is 11.5. The highest BCUT2D eigenvalue weighted by Gasteiger charge is 2.21. The maximum absolute atomic E-state index is 12.3. The van der Waals surface area contributed by atoms with Crippen LogP contribution in [0, 0.1) is 5.92 Å². The Bertz CT molecular complexity index is 702. The molecule has 5 nitrogen and oxygen atoms in total. The van der Waals surface area contributed by atoms with Crippen LogP contribution in [0.1, 0.15) is 24.3 Å². The largest absolute Gasteiger partial charge is 0.374 e. The smallest absolute Gasteiger partial charge is 0.269 e. The van der Waals surface area contributed by atoms with E-state index in [1.807, 2.05) is 30.3 Å². The van der Waals surface area contributed by atoms with Crippen LogP contribution in [0.3, 0.4) is 0 Å². The predicted octanol–water partition coefficient (Wildman–Crippen LogP) is 2.32. The van der Waals surface area contributed by atoms with Crippen molar-refractivity contribution in [2.45, 2.75) is 20.0 Å². The minimum atomic E-state index is -0.148. The van der Waals surface area contributed by atoms with Crippen LogP contribution in [0.5, 0.6) is 0 Å². The summed E-state index contributed by atoms with van der Waals surface area (Å²) in [5.41, 5.74) is 1.28. The zero-order valence-corrected chi connectivity index (χ0v) is 14.4. The Balaban J connectivity index is 1.56. The summed E-state index contributed by atoms with van der Waals surface area (Å²) in [5.74, 6) is 0.491. The van der Waals surface area contributed by atoms with Crippen molar-refractivity contribution in [1.29, 1.82) is 0 Å². The molecule has 1 fully saturated rings. The Hall–Kier alpha value is -1.98. The van der Waals surface area contributed by atoms with E-state index in [0.29, 0.717) is 18.2 Å². The molecule has 1 aliphatic heterocycles. The van der Waals surface area contributed by atoms with Crippen LogP contribution >= 0.6 is 0 Å². The molecule has 1 aromatic carbocycles. The van der Waals surface area contributed by atoms with Crippen molar-refractivity contribution < 1.29 is 9.53 Å². The van der Waals surface area contributed by atoms with Gasteiger partial charge in [0.05, 0.1) is 18.2 Å². The number of fused-ring (bicyclic) bond motifs is 1. The molecule has 0 spiro atoms. The van der Waals surface area contributed by atoms with E-state index in [9.17, 15) is 4.79 Å². The van der Waals surface area contributed by atoms with Crippen LogP contribution in [-0.2, 0) is 4.74 Å². The Morgan fingerprint density at radius 1 is 1.33 bits per heavy atom. The summed E-state index contributed by atoms with van der Waals surface area (Å²) in [7, 11) is 0. The number of pyridine rings is 1. The molecule has 1 amide bonds. The summed E-state index contributed by atoms with van der Waals surface area (Å²) < 4.78 is 5.77. The number of hydrogen-bond donors (Lipinski definition) is 1. The summed E-state index contributed by atoms with van der Waals surface area (Å²) in [4.78, 5) is 19.2. The van der Waals surface area contributed by atoms with Gasteiger partial charge in [-0.1, -0.05) is 38.1 Å². The lowest BCUT2D eigenvalue weighted by molar-refractivity contribution is -0.0295. The number of nitrogens with zero attached hydrogens (tertiary/aromatic N) is 2. The third kappa shape index (κ3) is 4.30. The van der Waals surface area contributed by atoms with Crippen LogP contribution in [0.4, 0.5) is 0 Å². The maximum Gasteiger partial charge on any atom is 0.269 e. The first-order valence-electron chi connectivity index (χ1n) is 8.60. The average molecular weight is 327 g/mol. The van der Waals surface area contributed by atoms with Gasteiger partial charge in [-0.05, 0) is 18.1 Å². The minimum absolute atomic E-state index is 0.0434. The summed E-state index contributed by atoms with van der Waals surface area (Å²) in [6.45, 7) is 8.58. The SMILES string of the molecule is CC(C)CN1CCOC(CNC(=O)c2ccc3ccccc3n2)C1. The number of benzene rings is 1. The van der Waals surface area contributed by atoms with Crippen LogP contribution in [0.2, 0.25) is 0 Å². The Kier molecular flexibility index (Phi) is 5.43. The highest BCUT2D eigenvalue weighted by molar-refractivity contribution is 5.94. The molecule has 0 radical (unpaired) electrons. The van der Waals surface area contributed by atoms with Crippen LogP contribution in [0.25, 0.3) is 10.9 Å². The van der Waals surface area contributed by atoms with Crippen molar-refractivity contribution >= 4 is 16.8 Å². The summed E-state index contributed by atoms with van der Waals surface area (Å²) in [5, 5.41) is 3.99. The molecule has 1 aromatic heterocycles. The van der Waals surface area contributed by atoms with Gasteiger partial charge in [-0.15, -0.1) is 0 Å². The highest BCUT2D eigenvalue weighted by Crippen LogP contribution is 2.12. The molecule has 128 valence electrons. The van der Waals surface area contributed by atoms with Crippen LogP contribution in [-0.4, -0.2) is 54.7 Å². The molecule has 1 aliphatic rings. The fourth-order valence-corrected chi connectivity index (χ4v) is 3.08. The standard InChI is InChI=1S/C19H25N3O2/c1-14(2)12-22-9-10-24-16(13-22)11-20-19(23)18-8-7-15-5-3-4-6-17(15)21-18/h3-8,14,16H,9-13H2,1-2H3,(H,20,23). The first-order chi connectivity index (χ1) is 11.6. The molecule has 3 rings (SSSR count). The Labute approximate surface area is 143 Å². The number of hydrogen-bond acceptors (Lipinski definition) is 4. The van der Waals surface area contributed by atoms with Crippen molar-refractivity contribution in [2.24, 2.45) is 5.92 Å². The quantitative estimate of drug-likeness (QED) is 0.916. The van der Waals surface area contributed by atoms with E-state index in [1.165, 1.54) is 0 Å². The second-order valence-electron chi connectivity index (χ2n) is 6.75. The lowest BCUT2D eigenvalue weighted by Crippen LogP contribution is -2.48. The number of ether oxygens (including phenoxy) is 1. The van der Waals surface area contributed by atoms with Gasteiger partial charge in [0.25, 0.3) is 5.91 Å². The molecule has 1 atom stereocenters. The van der Waals surface area contributed by atoms with E-state index in [4.69, 9.17) is 4.74 Å². The summed E-state index contributed by atoms with van der Waals surface area (Å²) in [6.07, 6.45) is 0.0434. The fraction of sp³-hybridized carbons (Fsp3) is 0.474. The van der Waals surface area contributed by atoms with Crippen molar-refractivity contribution in [2.75, 3.05) is 32.8 Å². The van der Waals surface area contributed by atoms with Gasteiger partial charge in [0.1, 0.15) is 5.69 Å². The molecule has 1 N–H and O–H groups in total. The van der Waals surface area contributed by atoms with Gasteiger partial charge >= 0.3 is 0 Å². The molecular formula is C19H25N3O2. The van der Waals surface area contributed by atoms with Gasteiger partial charge in [0, 0.05) is 31.6 Å². The van der Waals surface area contributed by atoms with E-state index in [0.717, 1.165) is 37.1 Å². The number of morpholine rings is 1. The average Bonchev–Trinajstić information content (AvgIpc) is 2.59. The third-order valence-corrected chi connectivity index (χ3v) is 4.17. The van der Waals surface area contributed by atoms with Crippen molar-refractivity contribution in [3.63, 3.8) is 0 Å². The van der Waals surface area contributed by atoms with Gasteiger partial charge in [-0.3, -0.25) is 9.69 Å².